The van der Waals surface area contributed by atoms with Gasteiger partial charge in [-0.25, -0.2) is 9.59 Å². The lowest BCUT2D eigenvalue weighted by Gasteiger charge is -2.22. The van der Waals surface area contributed by atoms with E-state index in [1.54, 1.807) is 13.8 Å². The third-order valence-corrected chi connectivity index (χ3v) is 3.76. The molecule has 12 nitrogen and oxygen atoms in total. The minimum Gasteiger partial charge on any atom is -0.480 e. The molecule has 0 radical (unpaired) electrons. The number of carbonyl (C=O) groups excluding carboxylic acids is 2. The molecule has 0 aliphatic heterocycles. The van der Waals surface area contributed by atoms with E-state index >= 15 is 0 Å². The van der Waals surface area contributed by atoms with Gasteiger partial charge in [0, 0.05) is 0 Å². The largest absolute Gasteiger partial charge is 0.480 e. The number of carboxylic acid groups (broad SMARTS) is 1. The maximum atomic E-state index is 12.1. The summed E-state index contributed by atoms with van der Waals surface area (Å²) in [6.07, 6.45) is 0.179. The van der Waals surface area contributed by atoms with Crippen molar-refractivity contribution in [1.82, 2.24) is 20.8 Å². The van der Waals surface area contributed by atoms with E-state index in [1.165, 1.54) is 0 Å². The van der Waals surface area contributed by atoms with Crippen molar-refractivity contribution in [2.24, 2.45) is 17.4 Å². The third-order valence-electron chi connectivity index (χ3n) is 3.76. The number of aromatic nitrogens is 2. The summed E-state index contributed by atoms with van der Waals surface area (Å²) in [5.41, 5.74) is 10.7. The number of hydrogen-bond acceptors (Lipinski definition) is 8. The number of nitrogens with zero attached hydrogens (tertiary/aromatic N) is 2. The van der Waals surface area contributed by atoms with Crippen LogP contribution >= 0.6 is 0 Å². The molecule has 1 rings (SSSR count). The average Bonchev–Trinajstić information content (AvgIpc) is 3.07. The van der Waals surface area contributed by atoms with Crippen LogP contribution in [0.5, 0.6) is 0 Å². The molecule has 146 valence electrons. The predicted molar refractivity (Wildman–Crippen MR) is 87.4 cm³/mol. The number of nitrogens with two attached hydrogens (primary N) is 2. The molecule has 0 spiro atoms. The van der Waals surface area contributed by atoms with E-state index in [9.17, 15) is 19.5 Å². The van der Waals surface area contributed by atoms with E-state index < -0.39 is 42.6 Å². The Bertz CT molecular complexity index is 635. The molecule has 1 heterocycles. The van der Waals surface area contributed by atoms with Crippen LogP contribution in [0.2, 0.25) is 0 Å². The summed E-state index contributed by atoms with van der Waals surface area (Å²) in [7, 11) is 0. The van der Waals surface area contributed by atoms with Crippen LogP contribution in [0.1, 0.15) is 50.5 Å². The van der Waals surface area contributed by atoms with Crippen molar-refractivity contribution < 1.29 is 29.1 Å². The first-order chi connectivity index (χ1) is 12.2. The number of carboxylic acids is 1. The predicted octanol–water partition coefficient (Wildman–Crippen LogP) is -1.22. The van der Waals surface area contributed by atoms with Crippen LogP contribution in [0, 0.1) is 5.92 Å². The van der Waals surface area contributed by atoms with E-state index in [0.29, 0.717) is 6.42 Å². The van der Waals surface area contributed by atoms with Crippen LogP contribution in [0.3, 0.4) is 0 Å². The Balaban J connectivity index is 2.90. The highest BCUT2D eigenvalue weighted by Gasteiger charge is 2.29. The SMILES string of the molecule is CCC(C)C(NC(=O)N[C@@H](CC(N)=O)c1nc([C@@H](N)CO)no1)C(=O)O. The van der Waals surface area contributed by atoms with Gasteiger partial charge in [-0.3, -0.25) is 4.79 Å². The second-order valence-electron chi connectivity index (χ2n) is 5.82. The first-order valence-electron chi connectivity index (χ1n) is 7.97. The van der Waals surface area contributed by atoms with E-state index in [1.807, 2.05) is 0 Å². The van der Waals surface area contributed by atoms with Gasteiger partial charge in [0.15, 0.2) is 5.82 Å². The molecule has 0 aromatic carbocycles. The van der Waals surface area contributed by atoms with Crippen molar-refractivity contribution in [3.63, 3.8) is 0 Å². The van der Waals surface area contributed by atoms with Gasteiger partial charge in [-0.05, 0) is 5.92 Å². The molecule has 0 aliphatic carbocycles. The van der Waals surface area contributed by atoms with E-state index in [0.717, 1.165) is 0 Å². The molecule has 2 unspecified atom stereocenters. The Kier molecular flexibility index (Phi) is 7.93. The lowest BCUT2D eigenvalue weighted by molar-refractivity contribution is -0.140. The number of rotatable bonds is 10. The molecule has 1 aromatic rings. The van der Waals surface area contributed by atoms with Crippen molar-refractivity contribution in [2.75, 3.05) is 6.61 Å². The minimum atomic E-state index is -1.19. The zero-order valence-electron chi connectivity index (χ0n) is 14.5. The van der Waals surface area contributed by atoms with Crippen LogP contribution in [-0.4, -0.2) is 50.9 Å². The summed E-state index contributed by atoms with van der Waals surface area (Å²) in [6, 6.07) is -3.92. The number of aliphatic hydroxyl groups is 1. The zero-order chi connectivity index (χ0) is 19.9. The standard InChI is InChI=1S/C14H24N6O6/c1-3-6(2)10(13(23)24)18-14(25)17-8(4-9(16)22)12-19-11(20-26-12)7(15)5-21/h6-8,10,21H,3-5,15H2,1-2H3,(H2,16,22)(H,23,24)(H2,17,18,25)/t6?,7-,8-,10?/m0/s1. The number of primary amides is 1. The molecule has 1 aromatic heterocycles. The quantitative estimate of drug-likeness (QED) is 0.290. The number of aliphatic carboxylic acids is 1. The van der Waals surface area contributed by atoms with Crippen molar-refractivity contribution in [3.05, 3.63) is 11.7 Å². The second-order valence-corrected chi connectivity index (χ2v) is 5.82. The van der Waals surface area contributed by atoms with Gasteiger partial charge in [0.25, 0.3) is 0 Å². The summed E-state index contributed by atoms with van der Waals surface area (Å²) < 4.78 is 4.95. The molecule has 0 bridgehead atoms. The number of hydrogen-bond donors (Lipinski definition) is 6. The van der Waals surface area contributed by atoms with Crippen molar-refractivity contribution in [3.8, 4) is 0 Å². The molecular weight excluding hydrogens is 348 g/mol. The summed E-state index contributed by atoms with van der Waals surface area (Å²) >= 11 is 0. The topological polar surface area (TPSA) is 207 Å². The van der Waals surface area contributed by atoms with Gasteiger partial charge in [0.1, 0.15) is 12.1 Å². The smallest absolute Gasteiger partial charge is 0.326 e. The molecule has 26 heavy (non-hydrogen) atoms. The van der Waals surface area contributed by atoms with Crippen LogP contribution in [0.4, 0.5) is 4.79 Å². The molecule has 12 heteroatoms. The van der Waals surface area contributed by atoms with Gasteiger partial charge in [0.05, 0.1) is 19.1 Å². The first-order valence-corrected chi connectivity index (χ1v) is 7.97. The third kappa shape index (κ3) is 5.97. The highest BCUT2D eigenvalue weighted by atomic mass is 16.5. The lowest BCUT2D eigenvalue weighted by atomic mass is 9.99. The fraction of sp³-hybridized carbons (Fsp3) is 0.643. The summed E-state index contributed by atoms with van der Waals surface area (Å²) in [5.74, 6) is -2.41. The maximum absolute atomic E-state index is 12.1. The van der Waals surface area contributed by atoms with E-state index in [4.69, 9.17) is 21.1 Å². The zero-order valence-corrected chi connectivity index (χ0v) is 14.5. The van der Waals surface area contributed by atoms with Crippen LogP contribution in [0.25, 0.3) is 0 Å². The van der Waals surface area contributed by atoms with Gasteiger partial charge >= 0.3 is 12.0 Å². The van der Waals surface area contributed by atoms with Crippen molar-refractivity contribution >= 4 is 17.9 Å². The Morgan fingerprint density at radius 2 is 1.96 bits per heavy atom. The van der Waals surface area contributed by atoms with Crippen LogP contribution in [-0.2, 0) is 9.59 Å². The molecule has 4 atom stereocenters. The molecule has 0 aliphatic rings. The summed E-state index contributed by atoms with van der Waals surface area (Å²) in [5, 5.41) is 26.5. The van der Waals surface area contributed by atoms with Crippen LogP contribution < -0.4 is 22.1 Å². The number of urea groups is 1. The molecule has 0 saturated carbocycles. The van der Waals surface area contributed by atoms with E-state index in [-0.39, 0.29) is 24.1 Å². The Labute approximate surface area is 149 Å². The summed E-state index contributed by atoms with van der Waals surface area (Å²) in [6.45, 7) is 3.05. The normalized spacial score (nSPS) is 15.5. The van der Waals surface area contributed by atoms with Crippen LogP contribution in [0.15, 0.2) is 4.52 Å². The first kappa shape index (κ1) is 21.3. The fourth-order valence-corrected chi connectivity index (χ4v) is 2.05. The molecule has 0 saturated heterocycles. The van der Waals surface area contributed by atoms with Gasteiger partial charge < -0.3 is 36.8 Å². The number of carbonyl (C=O) groups is 3. The van der Waals surface area contributed by atoms with Gasteiger partial charge in [0.2, 0.25) is 11.8 Å². The fourth-order valence-electron chi connectivity index (χ4n) is 2.05. The van der Waals surface area contributed by atoms with Gasteiger partial charge in [-0.15, -0.1) is 0 Å². The monoisotopic (exact) mass is 372 g/mol. The molecule has 8 N–H and O–H groups in total. The highest BCUT2D eigenvalue weighted by molar-refractivity contribution is 5.83. The second kappa shape index (κ2) is 9.68. The summed E-state index contributed by atoms with van der Waals surface area (Å²) in [4.78, 5) is 38.6. The molecule has 0 fully saturated rings. The average molecular weight is 372 g/mol. The van der Waals surface area contributed by atoms with E-state index in [2.05, 4.69) is 20.8 Å². The number of nitrogens with one attached hydrogen (secondary N) is 2. The molecular formula is C14H24N6O6. The van der Waals surface area contributed by atoms with Gasteiger partial charge in [-0.2, -0.15) is 4.98 Å². The number of amides is 3. The number of aliphatic hydroxyl groups excluding tert-OH is 1. The highest BCUT2D eigenvalue weighted by Crippen LogP contribution is 2.17. The van der Waals surface area contributed by atoms with Gasteiger partial charge in [-0.1, -0.05) is 25.4 Å². The lowest BCUT2D eigenvalue weighted by Crippen LogP contribution is -2.50. The molecule has 3 amide bonds. The Hall–Kier alpha value is -2.73. The Morgan fingerprint density at radius 1 is 1.31 bits per heavy atom. The van der Waals surface area contributed by atoms with Crippen molar-refractivity contribution in [2.45, 2.75) is 44.8 Å². The van der Waals surface area contributed by atoms with Crippen molar-refractivity contribution in [1.29, 1.82) is 0 Å². The minimum absolute atomic E-state index is 0.0119. The maximum Gasteiger partial charge on any atom is 0.326 e. The Morgan fingerprint density at radius 3 is 2.46 bits per heavy atom.